The maximum absolute atomic E-state index is 10.8. The Morgan fingerprint density at radius 3 is 2.36 bits per heavy atom. The normalized spacial score (nSPS) is 11.4. The second kappa shape index (κ2) is 2.50. The van der Waals surface area contributed by atoms with Crippen molar-refractivity contribution in [1.82, 2.24) is 0 Å². The highest BCUT2D eigenvalue weighted by Gasteiger charge is 2.11. The first kappa shape index (κ1) is 8.00. The fourth-order valence-corrected chi connectivity index (χ4v) is 1.16. The third kappa shape index (κ3) is 1.68. The molecule has 0 aliphatic rings. The molecule has 0 radical (unpaired) electrons. The quantitative estimate of drug-likeness (QED) is 0.612. The fourth-order valence-electron chi connectivity index (χ4n) is 0.597. The molecule has 1 aromatic heterocycles. The van der Waals surface area contributed by atoms with E-state index in [1.54, 1.807) is 0 Å². The second-order valence-corrected chi connectivity index (χ2v) is 3.99. The molecule has 60 valence electrons. The van der Waals surface area contributed by atoms with Crippen molar-refractivity contribution >= 4 is 16.1 Å². The summed E-state index contributed by atoms with van der Waals surface area (Å²) in [6.45, 7) is 0. The number of aldehydes is 1. The van der Waals surface area contributed by atoms with Crippen molar-refractivity contribution < 1.29 is 17.6 Å². The van der Waals surface area contributed by atoms with Gasteiger partial charge in [0.2, 0.25) is 14.9 Å². The number of carbonyl (C=O) groups excluding carboxylic acids is 1. The minimum atomic E-state index is -3.32. The first-order valence-electron chi connectivity index (χ1n) is 2.79. The van der Waals surface area contributed by atoms with Crippen LogP contribution < -0.4 is 0 Å². The molecule has 0 spiro atoms. The Balaban J connectivity index is 3.18. The average Bonchev–Trinajstić information content (AvgIpc) is 2.32. The standard InChI is InChI=1S/C6H6O4S/c1-11(8,9)6-3-2-5(4-7)10-6/h2-4H,1H3. The van der Waals surface area contributed by atoms with Gasteiger partial charge in [-0.25, -0.2) is 8.42 Å². The van der Waals surface area contributed by atoms with Gasteiger partial charge in [0.15, 0.2) is 12.0 Å². The van der Waals surface area contributed by atoms with Crippen LogP contribution in [0, 0.1) is 0 Å². The first-order chi connectivity index (χ1) is 5.04. The molecule has 5 heteroatoms. The Labute approximate surface area is 63.7 Å². The summed E-state index contributed by atoms with van der Waals surface area (Å²) in [7, 11) is -3.32. The van der Waals surface area contributed by atoms with E-state index in [0.29, 0.717) is 6.29 Å². The summed E-state index contributed by atoms with van der Waals surface area (Å²) in [5.74, 6) is 0.0189. The van der Waals surface area contributed by atoms with Gasteiger partial charge in [-0.05, 0) is 12.1 Å². The molecule has 0 atom stereocenters. The molecule has 1 aromatic rings. The summed E-state index contributed by atoms with van der Waals surface area (Å²) in [6.07, 6.45) is 1.47. The average molecular weight is 174 g/mol. The number of hydrogen-bond acceptors (Lipinski definition) is 4. The van der Waals surface area contributed by atoms with Crippen LogP contribution in [-0.4, -0.2) is 21.0 Å². The van der Waals surface area contributed by atoms with E-state index >= 15 is 0 Å². The lowest BCUT2D eigenvalue weighted by atomic mass is 10.5. The Bertz CT molecular complexity index is 360. The van der Waals surface area contributed by atoms with Crippen LogP contribution in [0.15, 0.2) is 21.6 Å². The lowest BCUT2D eigenvalue weighted by Gasteiger charge is -1.87. The Kier molecular flexibility index (Phi) is 1.82. The summed E-state index contributed by atoms with van der Waals surface area (Å²) in [5, 5.41) is -0.181. The molecule has 0 bridgehead atoms. The summed E-state index contributed by atoms with van der Waals surface area (Å²) in [4.78, 5) is 10.1. The molecule has 0 fully saturated rings. The topological polar surface area (TPSA) is 64.3 Å². The number of sulfone groups is 1. The van der Waals surface area contributed by atoms with E-state index in [1.807, 2.05) is 0 Å². The lowest BCUT2D eigenvalue weighted by Crippen LogP contribution is -1.93. The van der Waals surface area contributed by atoms with Gasteiger partial charge in [0, 0.05) is 6.26 Å². The van der Waals surface area contributed by atoms with E-state index in [1.165, 1.54) is 12.1 Å². The number of hydrogen-bond donors (Lipinski definition) is 0. The molecule has 11 heavy (non-hydrogen) atoms. The first-order valence-corrected chi connectivity index (χ1v) is 4.68. The van der Waals surface area contributed by atoms with Crippen molar-refractivity contribution in [2.45, 2.75) is 5.09 Å². The zero-order valence-corrected chi connectivity index (χ0v) is 6.59. The molecule has 4 nitrogen and oxygen atoms in total. The van der Waals surface area contributed by atoms with E-state index in [9.17, 15) is 13.2 Å². The molecular weight excluding hydrogens is 168 g/mol. The van der Waals surface area contributed by atoms with Crippen LogP contribution in [-0.2, 0) is 9.84 Å². The molecule has 0 saturated heterocycles. The molecule has 0 amide bonds. The predicted octanol–water partition coefficient (Wildman–Crippen LogP) is 0.496. The SMILES string of the molecule is CS(=O)(=O)c1ccc(C=O)o1. The zero-order valence-electron chi connectivity index (χ0n) is 5.77. The van der Waals surface area contributed by atoms with Gasteiger partial charge >= 0.3 is 0 Å². The van der Waals surface area contributed by atoms with Crippen molar-refractivity contribution in [1.29, 1.82) is 0 Å². The molecule has 0 saturated carbocycles. The maximum atomic E-state index is 10.8. The van der Waals surface area contributed by atoms with Gasteiger partial charge in [-0.1, -0.05) is 0 Å². The smallest absolute Gasteiger partial charge is 0.218 e. The fraction of sp³-hybridized carbons (Fsp3) is 0.167. The summed E-state index contributed by atoms with van der Waals surface area (Å²) in [5.41, 5.74) is 0. The number of rotatable bonds is 2. The van der Waals surface area contributed by atoms with Gasteiger partial charge in [-0.15, -0.1) is 0 Å². The van der Waals surface area contributed by atoms with Crippen LogP contribution in [0.3, 0.4) is 0 Å². The lowest BCUT2D eigenvalue weighted by molar-refractivity contribution is 0.109. The molecule has 0 aliphatic heterocycles. The van der Waals surface area contributed by atoms with E-state index in [-0.39, 0.29) is 10.9 Å². The largest absolute Gasteiger partial charge is 0.442 e. The number of furan rings is 1. The zero-order chi connectivity index (χ0) is 8.48. The van der Waals surface area contributed by atoms with Gasteiger partial charge in [-0.2, -0.15) is 0 Å². The van der Waals surface area contributed by atoms with Crippen LogP contribution >= 0.6 is 0 Å². The van der Waals surface area contributed by atoms with Crippen LogP contribution in [0.5, 0.6) is 0 Å². The minimum Gasteiger partial charge on any atom is -0.442 e. The van der Waals surface area contributed by atoms with Gasteiger partial charge in [0.25, 0.3) is 0 Å². The third-order valence-electron chi connectivity index (χ3n) is 1.08. The molecule has 1 heterocycles. The highest BCUT2D eigenvalue weighted by Crippen LogP contribution is 2.11. The van der Waals surface area contributed by atoms with Gasteiger partial charge in [-0.3, -0.25) is 4.79 Å². The molecule has 0 aliphatic carbocycles. The summed E-state index contributed by atoms with van der Waals surface area (Å²) < 4.78 is 26.1. The van der Waals surface area contributed by atoms with Crippen molar-refractivity contribution in [2.24, 2.45) is 0 Å². The van der Waals surface area contributed by atoms with E-state index in [2.05, 4.69) is 4.42 Å². The minimum absolute atomic E-state index is 0.0189. The molecule has 0 unspecified atom stereocenters. The van der Waals surface area contributed by atoms with Crippen LogP contribution in [0.1, 0.15) is 10.6 Å². The van der Waals surface area contributed by atoms with Gasteiger partial charge in [0.05, 0.1) is 0 Å². The number of carbonyl (C=O) groups is 1. The monoisotopic (exact) mass is 174 g/mol. The molecule has 0 N–H and O–H groups in total. The Hall–Kier alpha value is -1.10. The highest BCUT2D eigenvalue weighted by atomic mass is 32.2. The van der Waals surface area contributed by atoms with Crippen molar-refractivity contribution in [3.8, 4) is 0 Å². The van der Waals surface area contributed by atoms with Crippen LogP contribution in [0.25, 0.3) is 0 Å². The van der Waals surface area contributed by atoms with E-state index in [4.69, 9.17) is 0 Å². The van der Waals surface area contributed by atoms with Crippen LogP contribution in [0.2, 0.25) is 0 Å². The Morgan fingerprint density at radius 2 is 2.09 bits per heavy atom. The van der Waals surface area contributed by atoms with Crippen LogP contribution in [0.4, 0.5) is 0 Å². The van der Waals surface area contributed by atoms with E-state index in [0.717, 1.165) is 6.26 Å². The second-order valence-electron chi connectivity index (χ2n) is 2.05. The summed E-state index contributed by atoms with van der Waals surface area (Å²) in [6, 6.07) is 2.56. The van der Waals surface area contributed by atoms with Crippen molar-refractivity contribution in [3.63, 3.8) is 0 Å². The van der Waals surface area contributed by atoms with Crippen molar-refractivity contribution in [3.05, 3.63) is 17.9 Å². The van der Waals surface area contributed by atoms with Crippen molar-refractivity contribution in [2.75, 3.05) is 6.26 Å². The van der Waals surface area contributed by atoms with E-state index < -0.39 is 9.84 Å². The predicted molar refractivity (Wildman–Crippen MR) is 37.2 cm³/mol. The highest BCUT2D eigenvalue weighted by molar-refractivity contribution is 7.90. The third-order valence-corrected chi connectivity index (χ3v) is 2.03. The maximum Gasteiger partial charge on any atom is 0.218 e. The van der Waals surface area contributed by atoms with Gasteiger partial charge < -0.3 is 4.42 Å². The Morgan fingerprint density at radius 1 is 1.45 bits per heavy atom. The molecule has 1 rings (SSSR count). The summed E-state index contributed by atoms with van der Waals surface area (Å²) >= 11 is 0. The van der Waals surface area contributed by atoms with Gasteiger partial charge in [0.1, 0.15) is 0 Å². The molecule has 0 aromatic carbocycles. The molecular formula is C6H6O4S.